The number of H-pyrrole nitrogens is 1. The van der Waals surface area contributed by atoms with Gasteiger partial charge in [-0.25, -0.2) is 0 Å². The molecule has 0 aliphatic carbocycles. The van der Waals surface area contributed by atoms with Gasteiger partial charge in [-0.15, -0.1) is 0 Å². The van der Waals surface area contributed by atoms with Crippen LogP contribution in [0.4, 0.5) is 0 Å². The quantitative estimate of drug-likeness (QED) is 0.351. The normalized spacial score (nSPS) is 11.5. The third-order valence-corrected chi connectivity index (χ3v) is 5.13. The summed E-state index contributed by atoms with van der Waals surface area (Å²) in [5, 5.41) is 9.16. The van der Waals surface area contributed by atoms with Gasteiger partial charge in [0.15, 0.2) is 5.78 Å². The topological polar surface area (TPSA) is 93.3 Å². The SMILES string of the molecule is O=C(NC(COCc1ccccc1)C(=O)Cc1ccc(Oc2ccccc2)cc1)c1cn[nH]c1. The maximum Gasteiger partial charge on any atom is 0.255 e. The van der Waals surface area contributed by atoms with Gasteiger partial charge in [0.1, 0.15) is 17.5 Å². The third kappa shape index (κ3) is 6.63. The fourth-order valence-corrected chi connectivity index (χ4v) is 3.32. The Morgan fingerprint density at radius 2 is 1.53 bits per heavy atom. The summed E-state index contributed by atoms with van der Waals surface area (Å²) in [5.74, 6) is 0.881. The number of ketones is 1. The van der Waals surface area contributed by atoms with Gasteiger partial charge < -0.3 is 14.8 Å². The summed E-state index contributed by atoms with van der Waals surface area (Å²) in [6.45, 7) is 0.407. The molecule has 4 aromatic rings. The van der Waals surface area contributed by atoms with Gasteiger partial charge in [-0.3, -0.25) is 14.7 Å². The zero-order chi connectivity index (χ0) is 23.6. The smallest absolute Gasteiger partial charge is 0.255 e. The van der Waals surface area contributed by atoms with Gasteiger partial charge >= 0.3 is 0 Å². The molecule has 1 heterocycles. The Morgan fingerprint density at radius 1 is 0.853 bits per heavy atom. The Hall–Kier alpha value is -4.23. The van der Waals surface area contributed by atoms with Crippen LogP contribution in [0.2, 0.25) is 0 Å². The van der Waals surface area contributed by atoms with Crippen LogP contribution >= 0.6 is 0 Å². The highest BCUT2D eigenvalue weighted by atomic mass is 16.5. The van der Waals surface area contributed by atoms with E-state index in [-0.39, 0.29) is 24.7 Å². The Morgan fingerprint density at radius 3 is 2.21 bits per heavy atom. The molecular formula is C27H25N3O4. The summed E-state index contributed by atoms with van der Waals surface area (Å²) in [5.41, 5.74) is 2.16. The van der Waals surface area contributed by atoms with Crippen molar-refractivity contribution in [3.05, 3.63) is 114 Å². The van der Waals surface area contributed by atoms with Crippen molar-refractivity contribution in [3.63, 3.8) is 0 Å². The van der Waals surface area contributed by atoms with Crippen LogP contribution in [0.3, 0.4) is 0 Å². The molecule has 3 aromatic carbocycles. The number of carbonyl (C=O) groups is 2. The van der Waals surface area contributed by atoms with E-state index in [1.165, 1.54) is 12.4 Å². The van der Waals surface area contributed by atoms with E-state index in [0.717, 1.165) is 16.9 Å². The second-order valence-electron chi connectivity index (χ2n) is 7.72. The van der Waals surface area contributed by atoms with Crippen LogP contribution in [0.1, 0.15) is 21.5 Å². The number of Topliss-reactive ketones (excluding diaryl/α,β-unsaturated/α-hetero) is 1. The minimum absolute atomic E-state index is 0.0620. The van der Waals surface area contributed by atoms with E-state index in [0.29, 0.717) is 17.9 Å². The van der Waals surface area contributed by atoms with Crippen molar-refractivity contribution in [2.45, 2.75) is 19.1 Å². The molecule has 1 aromatic heterocycles. The van der Waals surface area contributed by atoms with Gasteiger partial charge in [-0.1, -0.05) is 60.7 Å². The molecular weight excluding hydrogens is 430 g/mol. The predicted octanol–water partition coefficient (Wildman–Crippen LogP) is 4.33. The molecule has 0 radical (unpaired) electrons. The lowest BCUT2D eigenvalue weighted by Crippen LogP contribution is -2.44. The largest absolute Gasteiger partial charge is 0.457 e. The lowest BCUT2D eigenvalue weighted by molar-refractivity contribution is -0.121. The molecule has 0 aliphatic rings. The zero-order valence-electron chi connectivity index (χ0n) is 18.5. The van der Waals surface area contributed by atoms with E-state index >= 15 is 0 Å². The molecule has 0 aliphatic heterocycles. The van der Waals surface area contributed by atoms with Gasteiger partial charge in [-0.05, 0) is 35.4 Å². The predicted molar refractivity (Wildman–Crippen MR) is 128 cm³/mol. The lowest BCUT2D eigenvalue weighted by Gasteiger charge is -2.18. The number of aromatic nitrogens is 2. The fraction of sp³-hybridized carbons (Fsp3) is 0.148. The minimum atomic E-state index is -0.800. The van der Waals surface area contributed by atoms with Crippen LogP contribution in [-0.4, -0.2) is 34.5 Å². The van der Waals surface area contributed by atoms with Crippen LogP contribution in [0.15, 0.2) is 97.3 Å². The van der Waals surface area contributed by atoms with Crippen molar-refractivity contribution >= 4 is 11.7 Å². The fourth-order valence-electron chi connectivity index (χ4n) is 3.32. The van der Waals surface area contributed by atoms with Crippen LogP contribution in [0, 0.1) is 0 Å². The third-order valence-electron chi connectivity index (χ3n) is 5.13. The van der Waals surface area contributed by atoms with Gasteiger partial charge in [-0.2, -0.15) is 5.10 Å². The summed E-state index contributed by atoms with van der Waals surface area (Å²) in [6, 6.07) is 25.7. The van der Waals surface area contributed by atoms with E-state index in [1.807, 2.05) is 84.9 Å². The Labute approximate surface area is 197 Å². The van der Waals surface area contributed by atoms with Crippen molar-refractivity contribution in [1.29, 1.82) is 0 Å². The van der Waals surface area contributed by atoms with Gasteiger partial charge in [0.05, 0.1) is 25.0 Å². The van der Waals surface area contributed by atoms with E-state index in [2.05, 4.69) is 15.5 Å². The van der Waals surface area contributed by atoms with E-state index in [1.54, 1.807) is 0 Å². The molecule has 2 N–H and O–H groups in total. The average molecular weight is 456 g/mol. The number of para-hydroxylation sites is 1. The lowest BCUT2D eigenvalue weighted by atomic mass is 10.0. The van der Waals surface area contributed by atoms with Gasteiger partial charge in [0.25, 0.3) is 5.91 Å². The molecule has 4 rings (SSSR count). The summed E-state index contributed by atoms with van der Waals surface area (Å²) in [7, 11) is 0. The number of hydrogen-bond donors (Lipinski definition) is 2. The van der Waals surface area contributed by atoms with Crippen molar-refractivity contribution in [3.8, 4) is 11.5 Å². The number of carbonyl (C=O) groups excluding carboxylic acids is 2. The van der Waals surface area contributed by atoms with E-state index in [4.69, 9.17) is 9.47 Å². The first kappa shape index (κ1) is 22.9. The first-order valence-electron chi connectivity index (χ1n) is 10.9. The summed E-state index contributed by atoms with van der Waals surface area (Å²) in [4.78, 5) is 25.6. The maximum atomic E-state index is 13.1. The number of aromatic amines is 1. The van der Waals surface area contributed by atoms with E-state index in [9.17, 15) is 9.59 Å². The van der Waals surface area contributed by atoms with Crippen molar-refractivity contribution in [1.82, 2.24) is 15.5 Å². The average Bonchev–Trinajstić information content (AvgIpc) is 3.41. The van der Waals surface area contributed by atoms with Crippen molar-refractivity contribution in [2.24, 2.45) is 0 Å². The molecule has 172 valence electrons. The molecule has 1 amide bonds. The molecule has 0 fully saturated rings. The number of benzene rings is 3. The Balaban J connectivity index is 1.38. The first-order valence-corrected chi connectivity index (χ1v) is 10.9. The number of rotatable bonds is 11. The van der Waals surface area contributed by atoms with Crippen LogP contribution < -0.4 is 10.1 Å². The highest BCUT2D eigenvalue weighted by Crippen LogP contribution is 2.21. The second kappa shape index (κ2) is 11.6. The maximum absolute atomic E-state index is 13.1. The Kier molecular flexibility index (Phi) is 7.82. The number of amides is 1. The first-order chi connectivity index (χ1) is 16.7. The molecule has 0 bridgehead atoms. The van der Waals surface area contributed by atoms with E-state index < -0.39 is 6.04 Å². The molecule has 34 heavy (non-hydrogen) atoms. The summed E-state index contributed by atoms with van der Waals surface area (Å²) >= 11 is 0. The number of nitrogens with one attached hydrogen (secondary N) is 2. The summed E-state index contributed by atoms with van der Waals surface area (Å²) < 4.78 is 11.6. The highest BCUT2D eigenvalue weighted by molar-refractivity contribution is 5.98. The molecule has 7 nitrogen and oxygen atoms in total. The minimum Gasteiger partial charge on any atom is -0.457 e. The molecule has 0 spiro atoms. The number of ether oxygens (including phenoxy) is 2. The Bertz CT molecular complexity index is 1180. The highest BCUT2D eigenvalue weighted by Gasteiger charge is 2.22. The number of hydrogen-bond acceptors (Lipinski definition) is 5. The summed E-state index contributed by atoms with van der Waals surface area (Å²) in [6.07, 6.45) is 3.04. The molecule has 0 saturated carbocycles. The van der Waals surface area contributed by atoms with Gasteiger partial charge in [0, 0.05) is 12.6 Å². The number of nitrogens with zero attached hydrogens (tertiary/aromatic N) is 1. The molecule has 1 unspecified atom stereocenters. The van der Waals surface area contributed by atoms with Gasteiger partial charge in [0.2, 0.25) is 0 Å². The molecule has 7 heteroatoms. The van der Waals surface area contributed by atoms with Crippen LogP contribution in [-0.2, 0) is 22.6 Å². The monoisotopic (exact) mass is 455 g/mol. The second-order valence-corrected chi connectivity index (χ2v) is 7.72. The van der Waals surface area contributed by atoms with Crippen LogP contribution in [0.25, 0.3) is 0 Å². The van der Waals surface area contributed by atoms with Crippen LogP contribution in [0.5, 0.6) is 11.5 Å². The van der Waals surface area contributed by atoms with Crippen molar-refractivity contribution in [2.75, 3.05) is 6.61 Å². The molecule has 1 atom stereocenters. The standard InChI is InChI=1S/C27H25N3O4/c31-26(15-20-11-13-24(14-12-20)34-23-9-5-2-6-10-23)25(30-27(32)22-16-28-29-17-22)19-33-18-21-7-3-1-4-8-21/h1-14,16-17,25H,15,18-19H2,(H,28,29)(H,30,32). The molecule has 0 saturated heterocycles. The zero-order valence-corrected chi connectivity index (χ0v) is 18.5. The van der Waals surface area contributed by atoms with Crippen molar-refractivity contribution < 1.29 is 19.1 Å².